The van der Waals surface area contributed by atoms with Crippen molar-refractivity contribution in [3.05, 3.63) is 41.2 Å². The molecule has 2 heterocycles. The molecule has 0 amide bonds. The Morgan fingerprint density at radius 2 is 2.24 bits per heavy atom. The van der Waals surface area contributed by atoms with Gasteiger partial charge in [0.05, 0.1) is 0 Å². The second kappa shape index (κ2) is 5.17. The number of rotatable bonds is 3. The van der Waals surface area contributed by atoms with Crippen molar-refractivity contribution in [3.63, 3.8) is 0 Å². The van der Waals surface area contributed by atoms with Gasteiger partial charge in [-0.2, -0.15) is 4.98 Å². The fourth-order valence-electron chi connectivity index (χ4n) is 2.88. The van der Waals surface area contributed by atoms with E-state index in [-0.39, 0.29) is 11.9 Å². The fraction of sp³-hybridized carbons (Fsp3) is 0.357. The van der Waals surface area contributed by atoms with Crippen LogP contribution in [0.3, 0.4) is 0 Å². The maximum atomic E-state index is 11.3. The lowest BCUT2D eigenvalue weighted by Crippen LogP contribution is -2.28. The smallest absolute Gasteiger partial charge is 0.328 e. The number of carbonyl (C=O) groups is 1. The van der Waals surface area contributed by atoms with Crippen LogP contribution in [0, 0.1) is 0 Å². The lowest BCUT2D eigenvalue weighted by molar-refractivity contribution is -0.141. The molecule has 5 N–H and O–H groups in total. The van der Waals surface area contributed by atoms with Crippen LogP contribution >= 0.6 is 0 Å². The molecule has 0 spiro atoms. The van der Waals surface area contributed by atoms with E-state index in [9.17, 15) is 9.90 Å². The molecule has 0 bridgehead atoms. The minimum Gasteiger partial charge on any atom is -0.480 e. The van der Waals surface area contributed by atoms with Crippen molar-refractivity contribution in [1.82, 2.24) is 14.8 Å². The summed E-state index contributed by atoms with van der Waals surface area (Å²) in [6.07, 6.45) is 1.20. The second-order valence-corrected chi connectivity index (χ2v) is 5.21. The molecule has 0 radical (unpaired) electrons. The van der Waals surface area contributed by atoms with Crippen LogP contribution in [0.1, 0.15) is 41.8 Å². The number of benzene rings is 1. The molecule has 2 atom stereocenters. The van der Waals surface area contributed by atoms with E-state index < -0.39 is 12.0 Å². The lowest BCUT2D eigenvalue weighted by atomic mass is 9.88. The largest absolute Gasteiger partial charge is 0.480 e. The molecule has 3 rings (SSSR count). The van der Waals surface area contributed by atoms with Crippen LogP contribution in [-0.2, 0) is 11.3 Å². The van der Waals surface area contributed by atoms with Crippen molar-refractivity contribution >= 4 is 11.9 Å². The van der Waals surface area contributed by atoms with Gasteiger partial charge in [-0.15, -0.1) is 5.10 Å². The van der Waals surface area contributed by atoms with E-state index in [1.165, 1.54) is 4.68 Å². The first-order chi connectivity index (χ1) is 10.1. The molecular weight excluding hydrogens is 270 g/mol. The van der Waals surface area contributed by atoms with Crippen molar-refractivity contribution in [2.75, 3.05) is 5.73 Å². The molecule has 2 unspecified atom stereocenters. The van der Waals surface area contributed by atoms with E-state index >= 15 is 0 Å². The number of nitrogens with zero attached hydrogens (tertiary/aromatic N) is 3. The third kappa shape index (κ3) is 2.36. The number of hydrogen-bond donors (Lipinski definition) is 3. The van der Waals surface area contributed by atoms with E-state index in [0.717, 1.165) is 11.1 Å². The maximum Gasteiger partial charge on any atom is 0.328 e. The Bertz CT molecular complexity index is 682. The molecule has 0 fully saturated rings. The number of aromatic nitrogens is 3. The van der Waals surface area contributed by atoms with E-state index in [4.69, 9.17) is 11.5 Å². The molecule has 0 aliphatic carbocycles. The van der Waals surface area contributed by atoms with E-state index in [0.29, 0.717) is 25.2 Å². The standard InChI is InChI=1S/C14H17N5O2/c15-7-8-2-1-3-9(6-8)10-4-5-11(13(20)21)19-12(10)17-14(16)18-19/h1-3,6,10-11H,4-5,7,15H2,(H2,16,18)(H,20,21). The SMILES string of the molecule is NCc1cccc(C2CCC(C(=O)O)n3nc(N)nc32)c1. The summed E-state index contributed by atoms with van der Waals surface area (Å²) < 4.78 is 1.45. The number of nitrogens with two attached hydrogens (primary N) is 2. The number of carboxylic acids is 1. The number of carboxylic acid groups (broad SMARTS) is 1. The number of anilines is 1. The van der Waals surface area contributed by atoms with Crippen molar-refractivity contribution in [1.29, 1.82) is 0 Å². The number of fused-ring (bicyclic) bond motifs is 1. The Morgan fingerprint density at radius 1 is 1.43 bits per heavy atom. The van der Waals surface area contributed by atoms with Gasteiger partial charge in [0.1, 0.15) is 5.82 Å². The van der Waals surface area contributed by atoms with Gasteiger partial charge in [-0.3, -0.25) is 0 Å². The summed E-state index contributed by atoms with van der Waals surface area (Å²) in [6, 6.07) is 7.25. The van der Waals surface area contributed by atoms with Crippen LogP contribution in [0.4, 0.5) is 5.95 Å². The third-order valence-electron chi connectivity index (χ3n) is 3.88. The van der Waals surface area contributed by atoms with Gasteiger partial charge in [-0.1, -0.05) is 24.3 Å². The molecule has 2 aromatic rings. The van der Waals surface area contributed by atoms with Crippen molar-refractivity contribution in [3.8, 4) is 0 Å². The molecule has 1 aliphatic heterocycles. The van der Waals surface area contributed by atoms with Crippen LogP contribution in [0.15, 0.2) is 24.3 Å². The summed E-state index contributed by atoms with van der Waals surface area (Å²) in [7, 11) is 0. The number of aliphatic carboxylic acids is 1. The van der Waals surface area contributed by atoms with Crippen LogP contribution in [-0.4, -0.2) is 25.8 Å². The van der Waals surface area contributed by atoms with Crippen LogP contribution < -0.4 is 11.5 Å². The molecule has 1 aromatic heterocycles. The highest BCUT2D eigenvalue weighted by Crippen LogP contribution is 2.37. The average molecular weight is 287 g/mol. The van der Waals surface area contributed by atoms with E-state index in [2.05, 4.69) is 10.1 Å². The van der Waals surface area contributed by atoms with Gasteiger partial charge in [0.2, 0.25) is 5.95 Å². The molecule has 21 heavy (non-hydrogen) atoms. The maximum absolute atomic E-state index is 11.3. The van der Waals surface area contributed by atoms with Crippen LogP contribution in [0.5, 0.6) is 0 Å². The monoisotopic (exact) mass is 287 g/mol. The van der Waals surface area contributed by atoms with E-state index in [1.54, 1.807) is 0 Å². The summed E-state index contributed by atoms with van der Waals surface area (Å²) in [5.74, 6) is -0.189. The Hall–Kier alpha value is -2.41. The van der Waals surface area contributed by atoms with Gasteiger partial charge in [-0.25, -0.2) is 9.48 Å². The zero-order valence-corrected chi connectivity index (χ0v) is 11.4. The minimum atomic E-state index is -0.907. The highest BCUT2D eigenvalue weighted by Gasteiger charge is 2.34. The first-order valence-corrected chi connectivity index (χ1v) is 6.83. The van der Waals surface area contributed by atoms with Gasteiger partial charge in [0.25, 0.3) is 0 Å². The average Bonchev–Trinajstić information content (AvgIpc) is 2.87. The van der Waals surface area contributed by atoms with Gasteiger partial charge >= 0.3 is 5.97 Å². The van der Waals surface area contributed by atoms with Gasteiger partial charge in [0.15, 0.2) is 6.04 Å². The van der Waals surface area contributed by atoms with Gasteiger partial charge < -0.3 is 16.6 Å². The summed E-state index contributed by atoms with van der Waals surface area (Å²) in [6.45, 7) is 0.465. The topological polar surface area (TPSA) is 120 Å². The normalized spacial score (nSPS) is 21.0. The van der Waals surface area contributed by atoms with Crippen LogP contribution in [0.2, 0.25) is 0 Å². The quantitative estimate of drug-likeness (QED) is 0.770. The first kappa shape index (κ1) is 13.6. The molecule has 110 valence electrons. The Morgan fingerprint density at radius 3 is 2.95 bits per heavy atom. The molecule has 0 saturated carbocycles. The zero-order chi connectivity index (χ0) is 15.0. The molecule has 0 saturated heterocycles. The Kier molecular flexibility index (Phi) is 3.34. The third-order valence-corrected chi connectivity index (χ3v) is 3.88. The van der Waals surface area contributed by atoms with Gasteiger partial charge in [0, 0.05) is 12.5 Å². The van der Waals surface area contributed by atoms with Crippen molar-refractivity contribution in [2.45, 2.75) is 31.3 Å². The van der Waals surface area contributed by atoms with Crippen molar-refractivity contribution in [2.24, 2.45) is 5.73 Å². The number of hydrogen-bond acceptors (Lipinski definition) is 5. The second-order valence-electron chi connectivity index (χ2n) is 5.21. The number of nitrogen functional groups attached to an aromatic ring is 1. The predicted octanol–water partition coefficient (Wildman–Crippen LogP) is 0.870. The summed E-state index contributed by atoms with van der Waals surface area (Å²) >= 11 is 0. The molecule has 1 aromatic carbocycles. The first-order valence-electron chi connectivity index (χ1n) is 6.83. The molecule has 7 nitrogen and oxygen atoms in total. The highest BCUT2D eigenvalue weighted by molar-refractivity contribution is 5.72. The predicted molar refractivity (Wildman–Crippen MR) is 76.5 cm³/mol. The van der Waals surface area contributed by atoms with Crippen molar-refractivity contribution < 1.29 is 9.90 Å². The van der Waals surface area contributed by atoms with Crippen LogP contribution in [0.25, 0.3) is 0 Å². The molecule has 1 aliphatic rings. The summed E-state index contributed by atoms with van der Waals surface area (Å²) in [5, 5.41) is 13.3. The molecule has 7 heteroatoms. The van der Waals surface area contributed by atoms with E-state index in [1.807, 2.05) is 24.3 Å². The highest BCUT2D eigenvalue weighted by atomic mass is 16.4. The Labute approximate surface area is 121 Å². The summed E-state index contributed by atoms with van der Waals surface area (Å²) in [4.78, 5) is 15.6. The summed E-state index contributed by atoms with van der Waals surface area (Å²) in [5.41, 5.74) is 13.4. The lowest BCUT2D eigenvalue weighted by Gasteiger charge is -2.27. The minimum absolute atomic E-state index is 0.00287. The zero-order valence-electron chi connectivity index (χ0n) is 11.4. The molecular formula is C14H17N5O2. The fourth-order valence-corrected chi connectivity index (χ4v) is 2.88. The van der Waals surface area contributed by atoms with Gasteiger partial charge in [-0.05, 0) is 24.0 Å². The Balaban J connectivity index is 2.04.